The number of ether oxygens (including phenoxy) is 1. The van der Waals surface area contributed by atoms with Crippen LogP contribution in [0.1, 0.15) is 59.8 Å². The molecule has 0 spiro atoms. The molecule has 1 heterocycles. The summed E-state index contributed by atoms with van der Waals surface area (Å²) in [6.07, 6.45) is -0.277. The zero-order valence-electron chi connectivity index (χ0n) is 22.4. The molecular weight excluding hydrogens is 510 g/mol. The summed E-state index contributed by atoms with van der Waals surface area (Å²) in [6.45, 7) is 10.5. The molecule has 2 aromatic carbocycles. The number of alkyl carbamates (subject to hydrolysis) is 1. The Morgan fingerprint density at radius 2 is 1.82 bits per heavy atom. The molecule has 204 valence electrons. The summed E-state index contributed by atoms with van der Waals surface area (Å²) in [7, 11) is 0. The number of amides is 3. The number of anilines is 1. The van der Waals surface area contributed by atoms with E-state index in [1.807, 2.05) is 0 Å². The number of fused-ring (bicyclic) bond motifs is 1. The standard InChI is InChI=1S/C27H34ClN5O5/c1-16(30-25(36)38-26(2,3)4)22-32-20-12-8-11-19(28)21(20)23(34)33(22)18-10-7-9-17(15-18)31-24(35)29-14-13-27(5,6)37/h7-12,15-16,37H,13-14H2,1-6H3,(H,30,36)(H2,29,31,35)/t16-/m0/s1. The van der Waals surface area contributed by atoms with E-state index in [0.29, 0.717) is 23.3 Å². The minimum Gasteiger partial charge on any atom is -0.444 e. The van der Waals surface area contributed by atoms with Crippen molar-refractivity contribution in [2.45, 2.75) is 65.2 Å². The third-order valence-corrected chi connectivity index (χ3v) is 5.69. The van der Waals surface area contributed by atoms with E-state index in [-0.39, 0.29) is 22.8 Å². The number of hydrogen-bond acceptors (Lipinski definition) is 6. The number of urea groups is 1. The van der Waals surface area contributed by atoms with Crippen LogP contribution in [0.5, 0.6) is 0 Å². The molecular formula is C27H34ClN5O5. The lowest BCUT2D eigenvalue weighted by Crippen LogP contribution is -2.37. The van der Waals surface area contributed by atoms with Crippen LogP contribution in [0.25, 0.3) is 16.6 Å². The maximum absolute atomic E-state index is 13.7. The molecule has 0 bridgehead atoms. The second-order valence-corrected chi connectivity index (χ2v) is 11.0. The lowest BCUT2D eigenvalue weighted by molar-refractivity contribution is 0.0505. The molecule has 0 saturated carbocycles. The molecule has 3 rings (SSSR count). The second-order valence-electron chi connectivity index (χ2n) is 10.6. The molecule has 0 aliphatic rings. The van der Waals surface area contributed by atoms with Crippen molar-refractivity contribution >= 4 is 40.3 Å². The molecule has 38 heavy (non-hydrogen) atoms. The molecule has 3 amide bonds. The summed E-state index contributed by atoms with van der Waals surface area (Å²) in [4.78, 5) is 43.2. The summed E-state index contributed by atoms with van der Waals surface area (Å²) in [6, 6.07) is 10.5. The van der Waals surface area contributed by atoms with Crippen LogP contribution in [0.3, 0.4) is 0 Å². The Morgan fingerprint density at radius 3 is 2.47 bits per heavy atom. The zero-order chi connectivity index (χ0) is 28.3. The Hall–Kier alpha value is -3.63. The van der Waals surface area contributed by atoms with Crippen LogP contribution < -0.4 is 21.5 Å². The quantitative estimate of drug-likeness (QED) is 0.334. The van der Waals surface area contributed by atoms with Crippen LogP contribution in [0.4, 0.5) is 15.3 Å². The first-order chi connectivity index (χ1) is 17.6. The largest absolute Gasteiger partial charge is 0.444 e. The Balaban J connectivity index is 2.00. The summed E-state index contributed by atoms with van der Waals surface area (Å²) in [5.74, 6) is 0.252. The highest BCUT2D eigenvalue weighted by molar-refractivity contribution is 6.35. The van der Waals surface area contributed by atoms with E-state index >= 15 is 0 Å². The fourth-order valence-corrected chi connectivity index (χ4v) is 3.93. The van der Waals surface area contributed by atoms with Crippen molar-refractivity contribution in [1.29, 1.82) is 0 Å². The van der Waals surface area contributed by atoms with Gasteiger partial charge in [0.2, 0.25) is 0 Å². The Kier molecular flexibility index (Phi) is 8.68. The minimum atomic E-state index is -0.904. The molecule has 3 aromatic rings. The van der Waals surface area contributed by atoms with Gasteiger partial charge in [-0.05, 0) is 78.3 Å². The molecule has 0 aliphatic heterocycles. The third-order valence-electron chi connectivity index (χ3n) is 5.38. The first kappa shape index (κ1) is 28.9. The number of hydrogen-bond donors (Lipinski definition) is 4. The number of aliphatic hydroxyl groups is 1. The van der Waals surface area contributed by atoms with Crippen LogP contribution >= 0.6 is 11.6 Å². The van der Waals surface area contributed by atoms with Crippen LogP contribution in [-0.2, 0) is 4.74 Å². The summed E-state index contributed by atoms with van der Waals surface area (Å²) >= 11 is 6.37. The molecule has 0 aliphatic carbocycles. The number of halogens is 1. The first-order valence-corrected chi connectivity index (χ1v) is 12.6. The van der Waals surface area contributed by atoms with Gasteiger partial charge in [-0.3, -0.25) is 9.36 Å². The monoisotopic (exact) mass is 543 g/mol. The lowest BCUT2D eigenvalue weighted by Gasteiger charge is -2.23. The van der Waals surface area contributed by atoms with Gasteiger partial charge in [0.05, 0.1) is 33.3 Å². The van der Waals surface area contributed by atoms with Crippen LogP contribution in [0.2, 0.25) is 5.02 Å². The highest BCUT2D eigenvalue weighted by atomic mass is 35.5. The second kappa shape index (κ2) is 11.4. The topological polar surface area (TPSA) is 135 Å². The molecule has 0 unspecified atom stereocenters. The third kappa shape index (κ3) is 7.69. The Bertz CT molecular complexity index is 1390. The van der Waals surface area contributed by atoms with E-state index in [2.05, 4.69) is 20.9 Å². The van der Waals surface area contributed by atoms with E-state index in [4.69, 9.17) is 16.3 Å². The van der Waals surface area contributed by atoms with E-state index in [1.165, 1.54) is 4.57 Å². The molecule has 1 atom stereocenters. The van der Waals surface area contributed by atoms with Crippen molar-refractivity contribution in [3.05, 3.63) is 63.7 Å². The van der Waals surface area contributed by atoms with Gasteiger partial charge < -0.3 is 25.8 Å². The highest BCUT2D eigenvalue weighted by Gasteiger charge is 2.23. The van der Waals surface area contributed by atoms with Gasteiger partial charge in [-0.2, -0.15) is 0 Å². The summed E-state index contributed by atoms with van der Waals surface area (Å²) in [5.41, 5.74) is -0.827. The van der Waals surface area contributed by atoms with E-state index in [1.54, 1.807) is 84.0 Å². The molecule has 4 N–H and O–H groups in total. The Labute approximate surface area is 226 Å². The van der Waals surface area contributed by atoms with Gasteiger partial charge in [-0.25, -0.2) is 14.6 Å². The van der Waals surface area contributed by atoms with E-state index in [9.17, 15) is 19.5 Å². The number of nitrogens with one attached hydrogen (secondary N) is 3. The maximum atomic E-state index is 13.7. The SMILES string of the molecule is C[C@H](NC(=O)OC(C)(C)C)c1nc2cccc(Cl)c2c(=O)n1-c1cccc(NC(=O)NCCC(C)(C)O)c1. The fraction of sp³-hybridized carbons (Fsp3) is 0.407. The number of nitrogens with zero attached hydrogens (tertiary/aromatic N) is 2. The smallest absolute Gasteiger partial charge is 0.408 e. The van der Waals surface area contributed by atoms with Gasteiger partial charge in [0, 0.05) is 12.2 Å². The molecule has 11 heteroatoms. The van der Waals surface area contributed by atoms with Crippen molar-refractivity contribution in [3.63, 3.8) is 0 Å². The van der Waals surface area contributed by atoms with Crippen molar-refractivity contribution in [2.24, 2.45) is 0 Å². The Morgan fingerprint density at radius 1 is 1.13 bits per heavy atom. The lowest BCUT2D eigenvalue weighted by atomic mass is 10.1. The number of carbonyl (C=O) groups is 2. The highest BCUT2D eigenvalue weighted by Crippen LogP contribution is 2.24. The van der Waals surface area contributed by atoms with Crippen molar-refractivity contribution in [1.82, 2.24) is 20.2 Å². The fourth-order valence-electron chi connectivity index (χ4n) is 3.68. The average molecular weight is 544 g/mol. The predicted molar refractivity (Wildman–Crippen MR) is 148 cm³/mol. The maximum Gasteiger partial charge on any atom is 0.408 e. The van der Waals surface area contributed by atoms with Crippen molar-refractivity contribution in [2.75, 3.05) is 11.9 Å². The molecule has 0 fully saturated rings. The van der Waals surface area contributed by atoms with Gasteiger partial charge in [-0.15, -0.1) is 0 Å². The normalized spacial score (nSPS) is 12.6. The predicted octanol–water partition coefficient (Wildman–Crippen LogP) is 4.91. The van der Waals surface area contributed by atoms with Gasteiger partial charge >= 0.3 is 12.1 Å². The van der Waals surface area contributed by atoms with Gasteiger partial charge in [0.25, 0.3) is 5.56 Å². The van der Waals surface area contributed by atoms with Crippen molar-refractivity contribution < 1.29 is 19.4 Å². The molecule has 0 saturated heterocycles. The van der Waals surface area contributed by atoms with E-state index < -0.39 is 34.9 Å². The molecule has 0 radical (unpaired) electrons. The number of carbonyl (C=O) groups excluding carboxylic acids is 2. The van der Waals surface area contributed by atoms with Crippen molar-refractivity contribution in [3.8, 4) is 5.69 Å². The zero-order valence-corrected chi connectivity index (χ0v) is 23.1. The summed E-state index contributed by atoms with van der Waals surface area (Å²) < 4.78 is 6.73. The van der Waals surface area contributed by atoms with Gasteiger partial charge in [0.1, 0.15) is 11.4 Å². The van der Waals surface area contributed by atoms with Crippen LogP contribution in [0, 0.1) is 0 Å². The number of rotatable bonds is 7. The van der Waals surface area contributed by atoms with Crippen LogP contribution in [0.15, 0.2) is 47.3 Å². The van der Waals surface area contributed by atoms with Crippen LogP contribution in [-0.4, -0.2) is 44.5 Å². The summed E-state index contributed by atoms with van der Waals surface area (Å²) in [5, 5.41) is 18.5. The van der Waals surface area contributed by atoms with E-state index in [0.717, 1.165) is 0 Å². The average Bonchev–Trinajstić information content (AvgIpc) is 2.76. The van der Waals surface area contributed by atoms with Gasteiger partial charge in [-0.1, -0.05) is 23.7 Å². The minimum absolute atomic E-state index is 0.227. The number of aromatic nitrogens is 2. The molecule has 10 nitrogen and oxygen atoms in total. The van der Waals surface area contributed by atoms with Gasteiger partial charge in [0.15, 0.2) is 0 Å². The first-order valence-electron chi connectivity index (χ1n) is 12.2. The number of benzene rings is 2. The molecule has 1 aromatic heterocycles.